The molecule has 7 heteroatoms. The van der Waals surface area contributed by atoms with E-state index in [1.54, 1.807) is 36.4 Å². The van der Waals surface area contributed by atoms with Gasteiger partial charge in [-0.05, 0) is 52.3 Å². The van der Waals surface area contributed by atoms with Crippen molar-refractivity contribution in [3.05, 3.63) is 72.4 Å². The van der Waals surface area contributed by atoms with Crippen molar-refractivity contribution in [2.24, 2.45) is 0 Å². The Morgan fingerprint density at radius 3 is 2.65 bits per heavy atom. The van der Waals surface area contributed by atoms with E-state index in [9.17, 15) is 9.59 Å². The number of halogens is 3. The average Bonchev–Trinajstić information content (AvgIpc) is 2.47. The molecule has 0 unspecified atom stereocenters. The summed E-state index contributed by atoms with van der Waals surface area (Å²) in [6.07, 6.45) is 0. The quantitative estimate of drug-likeness (QED) is 0.537. The standard InChI is InChI=1S/C16H8Br2ClNO3/c17-9-4-8-5-12(16(22)23-14(8)13(18)6-9)15(21)20-11-3-1-2-10(19)7-11/h1-7H,(H,20,21). The summed E-state index contributed by atoms with van der Waals surface area (Å²) in [5.41, 5.74) is 0.0949. The lowest BCUT2D eigenvalue weighted by Crippen LogP contribution is -2.20. The Bertz CT molecular complexity index is 985. The van der Waals surface area contributed by atoms with E-state index < -0.39 is 11.5 Å². The van der Waals surface area contributed by atoms with Gasteiger partial charge < -0.3 is 9.73 Å². The highest BCUT2D eigenvalue weighted by molar-refractivity contribution is 9.11. The van der Waals surface area contributed by atoms with Crippen LogP contribution in [0.2, 0.25) is 5.02 Å². The van der Waals surface area contributed by atoms with Gasteiger partial charge in [-0.1, -0.05) is 33.6 Å². The van der Waals surface area contributed by atoms with E-state index in [0.717, 1.165) is 4.47 Å². The molecule has 4 nitrogen and oxygen atoms in total. The van der Waals surface area contributed by atoms with Crippen LogP contribution in [-0.2, 0) is 0 Å². The van der Waals surface area contributed by atoms with Gasteiger partial charge in [-0.15, -0.1) is 0 Å². The zero-order chi connectivity index (χ0) is 16.6. The van der Waals surface area contributed by atoms with Gasteiger partial charge in [0.15, 0.2) is 5.58 Å². The smallest absolute Gasteiger partial charge is 0.349 e. The lowest BCUT2D eigenvalue weighted by atomic mass is 10.1. The van der Waals surface area contributed by atoms with E-state index in [2.05, 4.69) is 37.2 Å². The van der Waals surface area contributed by atoms with Gasteiger partial charge in [-0.2, -0.15) is 0 Å². The molecule has 0 saturated carbocycles. The molecule has 116 valence electrons. The second-order valence-corrected chi connectivity index (χ2v) is 6.92. The summed E-state index contributed by atoms with van der Waals surface area (Å²) in [6.45, 7) is 0. The van der Waals surface area contributed by atoms with Gasteiger partial charge in [0, 0.05) is 20.6 Å². The van der Waals surface area contributed by atoms with Crippen LogP contribution in [0.4, 0.5) is 5.69 Å². The highest BCUT2D eigenvalue weighted by atomic mass is 79.9. The van der Waals surface area contributed by atoms with E-state index in [1.165, 1.54) is 6.07 Å². The molecule has 0 aliphatic heterocycles. The Balaban J connectivity index is 2.03. The zero-order valence-electron chi connectivity index (χ0n) is 11.4. The Morgan fingerprint density at radius 2 is 1.91 bits per heavy atom. The summed E-state index contributed by atoms with van der Waals surface area (Å²) in [5, 5.41) is 3.74. The first-order chi connectivity index (χ1) is 10.9. The highest BCUT2D eigenvalue weighted by Crippen LogP contribution is 2.28. The van der Waals surface area contributed by atoms with Crippen molar-refractivity contribution in [1.29, 1.82) is 0 Å². The van der Waals surface area contributed by atoms with Crippen molar-refractivity contribution in [3.63, 3.8) is 0 Å². The average molecular weight is 458 g/mol. The number of carbonyl (C=O) groups excluding carboxylic acids is 1. The SMILES string of the molecule is O=C(Nc1cccc(Cl)c1)c1cc2cc(Br)cc(Br)c2oc1=O. The summed E-state index contributed by atoms with van der Waals surface area (Å²) >= 11 is 12.6. The fraction of sp³-hybridized carbons (Fsp3) is 0. The monoisotopic (exact) mass is 455 g/mol. The molecule has 0 fully saturated rings. The van der Waals surface area contributed by atoms with Gasteiger partial charge >= 0.3 is 5.63 Å². The van der Waals surface area contributed by atoms with Crippen LogP contribution in [0, 0.1) is 0 Å². The largest absolute Gasteiger partial charge is 0.421 e. The number of benzene rings is 2. The Kier molecular flexibility index (Phi) is 4.57. The third-order valence-corrected chi connectivity index (χ3v) is 4.36. The lowest BCUT2D eigenvalue weighted by Gasteiger charge is -2.06. The molecular weight excluding hydrogens is 449 g/mol. The van der Waals surface area contributed by atoms with Crippen molar-refractivity contribution in [2.45, 2.75) is 0 Å². The predicted molar refractivity (Wildman–Crippen MR) is 97.3 cm³/mol. The highest BCUT2D eigenvalue weighted by Gasteiger charge is 2.15. The first-order valence-electron chi connectivity index (χ1n) is 6.44. The van der Waals surface area contributed by atoms with Gasteiger partial charge in [-0.3, -0.25) is 4.79 Å². The van der Waals surface area contributed by atoms with Crippen molar-refractivity contribution in [2.75, 3.05) is 5.32 Å². The van der Waals surface area contributed by atoms with Gasteiger partial charge in [0.25, 0.3) is 5.91 Å². The number of nitrogens with one attached hydrogen (secondary N) is 1. The molecule has 1 aromatic heterocycles. The van der Waals surface area contributed by atoms with E-state index in [1.807, 2.05) is 0 Å². The van der Waals surface area contributed by atoms with Gasteiger partial charge in [0.05, 0.1) is 4.47 Å². The van der Waals surface area contributed by atoms with Crippen molar-refractivity contribution in [3.8, 4) is 0 Å². The topological polar surface area (TPSA) is 59.3 Å². The number of rotatable bonds is 2. The van der Waals surface area contributed by atoms with E-state index in [4.69, 9.17) is 16.0 Å². The van der Waals surface area contributed by atoms with Crippen LogP contribution in [-0.4, -0.2) is 5.91 Å². The summed E-state index contributed by atoms with van der Waals surface area (Å²) in [7, 11) is 0. The first kappa shape index (κ1) is 16.2. The molecule has 0 aliphatic rings. The minimum absolute atomic E-state index is 0.0810. The van der Waals surface area contributed by atoms with Crippen LogP contribution in [0.1, 0.15) is 10.4 Å². The van der Waals surface area contributed by atoms with Crippen molar-refractivity contribution >= 4 is 66.0 Å². The Labute approximate surface area is 152 Å². The molecule has 0 bridgehead atoms. The minimum atomic E-state index is -0.708. The predicted octanol–water partition coefficient (Wildman–Crippen LogP) is 5.22. The molecule has 0 aliphatic carbocycles. The molecule has 1 N–H and O–H groups in total. The summed E-state index contributed by atoms with van der Waals surface area (Å²) < 4.78 is 6.67. The van der Waals surface area contributed by atoms with Gasteiger partial charge in [-0.25, -0.2) is 4.79 Å². The van der Waals surface area contributed by atoms with E-state index in [0.29, 0.717) is 26.2 Å². The number of hydrogen-bond donors (Lipinski definition) is 1. The third-order valence-electron chi connectivity index (χ3n) is 3.08. The molecule has 0 radical (unpaired) electrons. The second kappa shape index (κ2) is 6.47. The van der Waals surface area contributed by atoms with Crippen molar-refractivity contribution in [1.82, 2.24) is 0 Å². The van der Waals surface area contributed by atoms with Crippen LogP contribution < -0.4 is 10.9 Å². The molecule has 0 spiro atoms. The number of anilines is 1. The minimum Gasteiger partial charge on any atom is -0.421 e. The van der Waals surface area contributed by atoms with Crippen LogP contribution in [0.5, 0.6) is 0 Å². The maximum absolute atomic E-state index is 12.3. The molecule has 3 rings (SSSR count). The number of hydrogen-bond acceptors (Lipinski definition) is 3. The van der Waals surface area contributed by atoms with Crippen LogP contribution in [0.15, 0.2) is 60.6 Å². The van der Waals surface area contributed by atoms with Crippen molar-refractivity contribution < 1.29 is 9.21 Å². The first-order valence-corrected chi connectivity index (χ1v) is 8.40. The number of amides is 1. The number of fused-ring (bicyclic) bond motifs is 1. The van der Waals surface area contributed by atoms with Crippen LogP contribution in [0.3, 0.4) is 0 Å². The second-order valence-electron chi connectivity index (χ2n) is 4.72. The Morgan fingerprint density at radius 1 is 1.13 bits per heavy atom. The molecule has 1 amide bonds. The van der Waals surface area contributed by atoms with E-state index in [-0.39, 0.29) is 5.56 Å². The molecule has 0 saturated heterocycles. The van der Waals surface area contributed by atoms with Gasteiger partial charge in [0.2, 0.25) is 0 Å². The van der Waals surface area contributed by atoms with Crippen LogP contribution >= 0.6 is 43.5 Å². The molecule has 23 heavy (non-hydrogen) atoms. The van der Waals surface area contributed by atoms with Gasteiger partial charge in [0.1, 0.15) is 5.56 Å². The summed E-state index contributed by atoms with van der Waals surface area (Å²) in [6, 6.07) is 11.7. The maximum Gasteiger partial charge on any atom is 0.349 e. The fourth-order valence-corrected chi connectivity index (χ4v) is 3.61. The maximum atomic E-state index is 12.3. The van der Waals surface area contributed by atoms with E-state index >= 15 is 0 Å². The normalized spacial score (nSPS) is 10.7. The molecular formula is C16H8Br2ClNO3. The fourth-order valence-electron chi connectivity index (χ4n) is 2.08. The molecule has 0 atom stereocenters. The molecule has 1 heterocycles. The third kappa shape index (κ3) is 3.49. The molecule has 3 aromatic rings. The molecule has 2 aromatic carbocycles. The number of carbonyl (C=O) groups is 1. The van der Waals surface area contributed by atoms with Crippen LogP contribution in [0.25, 0.3) is 11.0 Å². The zero-order valence-corrected chi connectivity index (χ0v) is 15.3. The Hall–Kier alpha value is -1.63. The summed E-state index contributed by atoms with van der Waals surface area (Å²) in [5.74, 6) is -0.556. The summed E-state index contributed by atoms with van der Waals surface area (Å²) in [4.78, 5) is 24.4. The lowest BCUT2D eigenvalue weighted by molar-refractivity contribution is 0.102.